The lowest BCUT2D eigenvalue weighted by atomic mass is 10.1. The standard InChI is InChI=1S/C22H20ClFN2O4/c1-14(27)26(13-15-12-18(28-2)8-10-20(15)29-3)19-9-11-21(24)25-22(19)30-17-6-4-16(23)5-7-17/h4-12H,13H2,1-3H3/i24-1. The molecule has 0 N–H and O–H groups in total. The van der Waals surface area contributed by atoms with Crippen LogP contribution in [0.2, 0.25) is 5.02 Å². The van der Waals surface area contributed by atoms with Crippen molar-refractivity contribution in [1.82, 2.24) is 4.98 Å². The third-order valence-electron chi connectivity index (χ3n) is 4.32. The summed E-state index contributed by atoms with van der Waals surface area (Å²) in [5, 5.41) is 0.533. The molecule has 0 aliphatic rings. The van der Waals surface area contributed by atoms with Gasteiger partial charge in [0.1, 0.15) is 22.9 Å². The number of halogens is 2. The topological polar surface area (TPSA) is 60.9 Å². The summed E-state index contributed by atoms with van der Waals surface area (Å²) in [6.45, 7) is 1.54. The maximum absolute atomic E-state index is 13.9. The minimum atomic E-state index is -0.731. The average Bonchev–Trinajstić information content (AvgIpc) is 2.74. The van der Waals surface area contributed by atoms with Crippen molar-refractivity contribution in [3.63, 3.8) is 0 Å². The molecule has 0 bridgehead atoms. The lowest BCUT2D eigenvalue weighted by Crippen LogP contribution is -2.28. The zero-order valence-electron chi connectivity index (χ0n) is 16.7. The molecule has 3 rings (SSSR count). The van der Waals surface area contributed by atoms with Crippen molar-refractivity contribution in [2.75, 3.05) is 19.1 Å². The first-order valence-electron chi connectivity index (χ1n) is 9.00. The number of pyridine rings is 1. The molecule has 0 saturated carbocycles. The van der Waals surface area contributed by atoms with Gasteiger partial charge in [0.2, 0.25) is 17.7 Å². The summed E-state index contributed by atoms with van der Waals surface area (Å²) in [6.07, 6.45) is 0. The van der Waals surface area contributed by atoms with Gasteiger partial charge in [-0.1, -0.05) is 11.6 Å². The molecule has 156 valence electrons. The van der Waals surface area contributed by atoms with E-state index in [9.17, 15) is 9.18 Å². The van der Waals surface area contributed by atoms with Crippen LogP contribution in [0, 0.1) is 5.95 Å². The number of carbonyl (C=O) groups excluding carboxylic acids is 1. The van der Waals surface area contributed by atoms with E-state index in [1.807, 2.05) is 0 Å². The van der Waals surface area contributed by atoms with Crippen molar-refractivity contribution in [2.45, 2.75) is 13.5 Å². The summed E-state index contributed by atoms with van der Waals surface area (Å²) < 4.78 is 30.3. The predicted molar refractivity (Wildman–Crippen MR) is 112 cm³/mol. The van der Waals surface area contributed by atoms with Crippen molar-refractivity contribution in [2.24, 2.45) is 0 Å². The van der Waals surface area contributed by atoms with Crippen LogP contribution in [0.3, 0.4) is 0 Å². The number of ether oxygens (including phenoxy) is 3. The Hall–Kier alpha value is -3.32. The first-order chi connectivity index (χ1) is 14.4. The molecule has 1 heterocycles. The first-order valence-corrected chi connectivity index (χ1v) is 9.38. The molecule has 0 aliphatic carbocycles. The van der Waals surface area contributed by atoms with Crippen molar-refractivity contribution < 1.29 is 23.4 Å². The van der Waals surface area contributed by atoms with Crippen LogP contribution in [-0.4, -0.2) is 25.1 Å². The van der Waals surface area contributed by atoms with E-state index in [1.54, 1.807) is 49.6 Å². The van der Waals surface area contributed by atoms with Gasteiger partial charge in [0.15, 0.2) is 0 Å². The van der Waals surface area contributed by atoms with Gasteiger partial charge in [0, 0.05) is 17.5 Å². The van der Waals surface area contributed by atoms with E-state index in [-0.39, 0.29) is 18.3 Å². The van der Waals surface area contributed by atoms with E-state index < -0.39 is 5.95 Å². The maximum atomic E-state index is 13.9. The number of carbonyl (C=O) groups is 1. The van der Waals surface area contributed by atoms with Gasteiger partial charge in [0.05, 0.1) is 20.8 Å². The van der Waals surface area contributed by atoms with Crippen molar-refractivity contribution >= 4 is 23.2 Å². The lowest BCUT2D eigenvalue weighted by Gasteiger charge is -2.24. The van der Waals surface area contributed by atoms with E-state index in [1.165, 1.54) is 31.1 Å². The minimum Gasteiger partial charge on any atom is -0.497 e. The van der Waals surface area contributed by atoms with E-state index in [0.29, 0.717) is 33.5 Å². The Morgan fingerprint density at radius 1 is 1.03 bits per heavy atom. The molecule has 6 nitrogen and oxygen atoms in total. The summed E-state index contributed by atoms with van der Waals surface area (Å²) in [6, 6.07) is 14.4. The van der Waals surface area contributed by atoms with Crippen molar-refractivity contribution in [1.29, 1.82) is 0 Å². The van der Waals surface area contributed by atoms with Gasteiger partial charge in [-0.15, -0.1) is 0 Å². The van der Waals surface area contributed by atoms with Gasteiger partial charge in [-0.25, -0.2) is 0 Å². The number of hydrogen-bond donors (Lipinski definition) is 0. The van der Waals surface area contributed by atoms with Crippen LogP contribution >= 0.6 is 11.6 Å². The molecule has 0 radical (unpaired) electrons. The number of anilines is 1. The van der Waals surface area contributed by atoms with Crippen LogP contribution < -0.4 is 19.1 Å². The fourth-order valence-electron chi connectivity index (χ4n) is 2.85. The fraction of sp³-hybridized carbons (Fsp3) is 0.182. The van der Waals surface area contributed by atoms with Crippen molar-refractivity contribution in [3.8, 4) is 23.1 Å². The Labute approximate surface area is 178 Å². The molecule has 3 aromatic rings. The zero-order chi connectivity index (χ0) is 21.7. The highest BCUT2D eigenvalue weighted by Gasteiger charge is 2.21. The molecule has 0 unspecified atom stereocenters. The first kappa shape index (κ1) is 21.4. The highest BCUT2D eigenvalue weighted by molar-refractivity contribution is 6.30. The van der Waals surface area contributed by atoms with Gasteiger partial charge in [-0.3, -0.25) is 4.79 Å². The Morgan fingerprint density at radius 3 is 2.37 bits per heavy atom. The van der Waals surface area contributed by atoms with Crippen LogP contribution in [0.5, 0.6) is 23.1 Å². The molecule has 0 spiro atoms. The monoisotopic (exact) mass is 429 g/mol. The van der Waals surface area contributed by atoms with Crippen LogP contribution in [0.25, 0.3) is 0 Å². The lowest BCUT2D eigenvalue weighted by molar-refractivity contribution is -0.116. The number of amides is 1. The van der Waals surface area contributed by atoms with Crippen LogP contribution in [0.4, 0.5) is 10.1 Å². The van der Waals surface area contributed by atoms with Crippen LogP contribution in [0.15, 0.2) is 54.6 Å². The molecule has 2 aromatic carbocycles. The molecular weight excluding hydrogens is 410 g/mol. The van der Waals surface area contributed by atoms with Crippen molar-refractivity contribution in [3.05, 3.63) is 71.1 Å². The van der Waals surface area contributed by atoms with Gasteiger partial charge >= 0.3 is 0 Å². The molecule has 0 atom stereocenters. The molecule has 0 aliphatic heterocycles. The van der Waals surface area contributed by atoms with Gasteiger partial charge in [0.25, 0.3) is 0 Å². The van der Waals surface area contributed by atoms with E-state index in [4.69, 9.17) is 25.8 Å². The smallest absolute Gasteiger partial charge is 0.246 e. The Balaban J connectivity index is 2.00. The fourth-order valence-corrected chi connectivity index (χ4v) is 2.97. The quantitative estimate of drug-likeness (QED) is 0.481. The number of nitrogens with zero attached hydrogens (tertiary/aromatic N) is 2. The second-order valence-electron chi connectivity index (χ2n) is 6.30. The molecular formula is C22H20ClFN2O4. The van der Waals surface area contributed by atoms with E-state index in [2.05, 4.69) is 4.98 Å². The van der Waals surface area contributed by atoms with E-state index >= 15 is 0 Å². The highest BCUT2D eigenvalue weighted by atomic mass is 35.5. The molecule has 8 heteroatoms. The zero-order valence-corrected chi connectivity index (χ0v) is 17.4. The van der Waals surface area contributed by atoms with Gasteiger partial charge < -0.3 is 19.1 Å². The summed E-state index contributed by atoms with van der Waals surface area (Å²) in [5.74, 6) is 0.538. The third kappa shape index (κ3) is 4.99. The number of aromatic nitrogens is 1. The number of rotatable bonds is 7. The second kappa shape index (κ2) is 9.45. The van der Waals surface area contributed by atoms with Gasteiger partial charge in [-0.2, -0.15) is 9.37 Å². The highest BCUT2D eigenvalue weighted by Crippen LogP contribution is 2.34. The predicted octanol–water partition coefficient (Wildman–Crippen LogP) is 5.24. The van der Waals surface area contributed by atoms with Gasteiger partial charge in [-0.05, 0) is 54.6 Å². The van der Waals surface area contributed by atoms with Crippen LogP contribution in [0.1, 0.15) is 12.5 Å². The number of hydrogen-bond acceptors (Lipinski definition) is 5. The number of methoxy groups -OCH3 is 2. The normalized spacial score (nSPS) is 10.4. The number of benzene rings is 2. The Bertz CT molecular complexity index is 1040. The summed E-state index contributed by atoms with van der Waals surface area (Å²) >= 11 is 5.90. The van der Waals surface area contributed by atoms with E-state index in [0.717, 1.165) is 0 Å². The van der Waals surface area contributed by atoms with Crippen LogP contribution in [-0.2, 0) is 11.3 Å². The minimum absolute atomic E-state index is 0.0469. The largest absolute Gasteiger partial charge is 0.497 e. The summed E-state index contributed by atoms with van der Waals surface area (Å²) in [4.78, 5) is 17.8. The second-order valence-corrected chi connectivity index (χ2v) is 6.73. The summed E-state index contributed by atoms with van der Waals surface area (Å²) in [7, 11) is 3.09. The molecule has 1 aromatic heterocycles. The molecule has 0 saturated heterocycles. The maximum Gasteiger partial charge on any atom is 0.246 e. The Morgan fingerprint density at radius 2 is 1.73 bits per heavy atom. The SMILES string of the molecule is COc1ccc(OC)c(CN(C(C)=O)c2ccc([18F])nc2Oc2ccc(Cl)cc2)c1. The summed E-state index contributed by atoms with van der Waals surface area (Å²) in [5.41, 5.74) is 1.01. The average molecular weight is 430 g/mol. The molecule has 0 fully saturated rings. The third-order valence-corrected chi connectivity index (χ3v) is 4.57. The molecule has 30 heavy (non-hydrogen) atoms. The Kier molecular flexibility index (Phi) is 6.74. The molecule has 1 amide bonds.